The molecule has 0 bridgehead atoms. The number of esters is 1. The summed E-state index contributed by atoms with van der Waals surface area (Å²) in [6, 6.07) is 7.38. The fourth-order valence-electron chi connectivity index (χ4n) is 3.45. The van der Waals surface area contributed by atoms with Gasteiger partial charge in [0.2, 0.25) is 0 Å². The van der Waals surface area contributed by atoms with Gasteiger partial charge in [0.1, 0.15) is 11.9 Å². The molecule has 0 aromatic heterocycles. The summed E-state index contributed by atoms with van der Waals surface area (Å²) in [5, 5.41) is 0. The molecular formula is C21H29NO5. The van der Waals surface area contributed by atoms with Crippen molar-refractivity contribution in [1.29, 1.82) is 0 Å². The summed E-state index contributed by atoms with van der Waals surface area (Å²) in [6.07, 6.45) is 2.50. The predicted octanol–water partition coefficient (Wildman–Crippen LogP) is 3.48. The van der Waals surface area contributed by atoms with E-state index in [1.807, 2.05) is 39.0 Å². The molecule has 0 radical (unpaired) electrons. The van der Waals surface area contributed by atoms with E-state index < -0.39 is 5.60 Å². The van der Waals surface area contributed by atoms with Crippen LogP contribution >= 0.6 is 0 Å². The van der Waals surface area contributed by atoms with Crippen molar-refractivity contribution in [2.24, 2.45) is 11.8 Å². The van der Waals surface area contributed by atoms with Crippen molar-refractivity contribution >= 4 is 18.3 Å². The molecule has 1 aliphatic rings. The number of rotatable bonds is 6. The molecule has 1 saturated heterocycles. The van der Waals surface area contributed by atoms with Gasteiger partial charge in [-0.2, -0.15) is 0 Å². The van der Waals surface area contributed by atoms with Crippen molar-refractivity contribution in [1.82, 2.24) is 4.90 Å². The van der Waals surface area contributed by atoms with Crippen LogP contribution in [0.1, 0.15) is 49.5 Å². The average molecular weight is 375 g/mol. The Morgan fingerprint density at radius 2 is 2.07 bits per heavy atom. The number of aryl methyl sites for hydroxylation is 1. The van der Waals surface area contributed by atoms with Gasteiger partial charge in [0.15, 0.2) is 0 Å². The molecule has 2 rings (SSSR count). The van der Waals surface area contributed by atoms with Gasteiger partial charge in [0, 0.05) is 18.7 Å². The highest BCUT2D eigenvalue weighted by molar-refractivity contribution is 5.75. The molecule has 1 aromatic carbocycles. The van der Waals surface area contributed by atoms with Crippen LogP contribution < -0.4 is 0 Å². The Morgan fingerprint density at radius 3 is 2.70 bits per heavy atom. The minimum atomic E-state index is -0.541. The average Bonchev–Trinajstić information content (AvgIpc) is 3.10. The third-order valence-corrected chi connectivity index (χ3v) is 4.78. The number of methoxy groups -OCH3 is 1. The zero-order chi connectivity index (χ0) is 20.0. The van der Waals surface area contributed by atoms with Crippen LogP contribution in [0.4, 0.5) is 4.79 Å². The Hall–Kier alpha value is -2.37. The Balaban J connectivity index is 2.01. The number of ether oxygens (including phenoxy) is 2. The Labute approximate surface area is 160 Å². The molecule has 1 aliphatic heterocycles. The summed E-state index contributed by atoms with van der Waals surface area (Å²) in [7, 11) is 1.39. The van der Waals surface area contributed by atoms with Crippen molar-refractivity contribution in [2.75, 3.05) is 20.2 Å². The molecule has 0 saturated carbocycles. The summed E-state index contributed by atoms with van der Waals surface area (Å²) < 4.78 is 10.4. The van der Waals surface area contributed by atoms with Crippen LogP contribution in [0.3, 0.4) is 0 Å². The molecule has 6 heteroatoms. The molecule has 0 N–H and O–H groups in total. The molecule has 1 amide bonds. The number of hydrogen-bond donors (Lipinski definition) is 0. The van der Waals surface area contributed by atoms with Gasteiger partial charge in [-0.25, -0.2) is 4.79 Å². The largest absolute Gasteiger partial charge is 0.469 e. The van der Waals surface area contributed by atoms with Gasteiger partial charge in [0.25, 0.3) is 0 Å². The Bertz CT molecular complexity index is 679. The predicted molar refractivity (Wildman–Crippen MR) is 102 cm³/mol. The maximum Gasteiger partial charge on any atom is 0.410 e. The Morgan fingerprint density at radius 1 is 1.33 bits per heavy atom. The molecule has 6 nitrogen and oxygen atoms in total. The summed E-state index contributed by atoms with van der Waals surface area (Å²) in [5.41, 5.74) is 1.09. The van der Waals surface area contributed by atoms with Gasteiger partial charge in [-0.05, 0) is 57.6 Å². The van der Waals surface area contributed by atoms with Crippen molar-refractivity contribution in [2.45, 2.75) is 45.6 Å². The maximum atomic E-state index is 12.3. The lowest BCUT2D eigenvalue weighted by Gasteiger charge is -2.25. The Kier molecular flexibility index (Phi) is 6.99. The molecule has 2 atom stereocenters. The topological polar surface area (TPSA) is 72.9 Å². The van der Waals surface area contributed by atoms with Crippen LogP contribution in [0, 0.1) is 11.8 Å². The first-order chi connectivity index (χ1) is 12.7. The van der Waals surface area contributed by atoms with E-state index in [1.165, 1.54) is 7.11 Å². The molecule has 27 heavy (non-hydrogen) atoms. The summed E-state index contributed by atoms with van der Waals surface area (Å²) in [4.78, 5) is 37.2. The minimum absolute atomic E-state index is 0.0409. The molecule has 1 heterocycles. The van der Waals surface area contributed by atoms with Gasteiger partial charge < -0.3 is 14.4 Å². The smallest absolute Gasteiger partial charge is 0.410 e. The van der Waals surface area contributed by atoms with Crippen molar-refractivity contribution < 1.29 is 23.9 Å². The molecule has 1 fully saturated rings. The van der Waals surface area contributed by atoms with Gasteiger partial charge in [-0.15, -0.1) is 0 Å². The van der Waals surface area contributed by atoms with Crippen LogP contribution in [-0.2, 0) is 20.7 Å². The van der Waals surface area contributed by atoms with E-state index >= 15 is 0 Å². The van der Waals surface area contributed by atoms with Crippen molar-refractivity contribution in [3.63, 3.8) is 0 Å². The van der Waals surface area contributed by atoms with E-state index in [1.54, 1.807) is 11.0 Å². The second-order valence-corrected chi connectivity index (χ2v) is 8.01. The summed E-state index contributed by atoms with van der Waals surface area (Å²) in [5.74, 6) is -0.501. The monoisotopic (exact) mass is 375 g/mol. The van der Waals surface area contributed by atoms with E-state index in [2.05, 4.69) is 0 Å². The number of likely N-dealkylation sites (tertiary alicyclic amines) is 1. The molecule has 0 aliphatic carbocycles. The highest BCUT2D eigenvalue weighted by Crippen LogP contribution is 2.30. The van der Waals surface area contributed by atoms with E-state index in [-0.39, 0.29) is 23.9 Å². The highest BCUT2D eigenvalue weighted by Gasteiger charge is 2.37. The van der Waals surface area contributed by atoms with Crippen LogP contribution in [0.15, 0.2) is 24.3 Å². The van der Waals surface area contributed by atoms with Gasteiger partial charge in [-0.3, -0.25) is 9.59 Å². The first kappa shape index (κ1) is 20.9. The summed E-state index contributed by atoms with van der Waals surface area (Å²) >= 11 is 0. The molecule has 0 spiro atoms. The van der Waals surface area contributed by atoms with Gasteiger partial charge in [0.05, 0.1) is 13.0 Å². The fraction of sp³-hybridized carbons (Fsp3) is 0.571. The van der Waals surface area contributed by atoms with E-state index in [0.717, 1.165) is 18.3 Å². The number of carbonyl (C=O) groups is 3. The zero-order valence-corrected chi connectivity index (χ0v) is 16.6. The highest BCUT2D eigenvalue weighted by atomic mass is 16.6. The van der Waals surface area contributed by atoms with Crippen LogP contribution in [-0.4, -0.2) is 49.0 Å². The number of benzene rings is 1. The van der Waals surface area contributed by atoms with E-state index in [4.69, 9.17) is 9.47 Å². The fourth-order valence-corrected chi connectivity index (χ4v) is 3.45. The minimum Gasteiger partial charge on any atom is -0.469 e. The number of carbonyl (C=O) groups excluding carboxylic acids is 3. The number of hydrogen-bond acceptors (Lipinski definition) is 5. The van der Waals surface area contributed by atoms with E-state index in [9.17, 15) is 14.4 Å². The van der Waals surface area contributed by atoms with Gasteiger partial charge in [-0.1, -0.05) is 18.2 Å². The van der Waals surface area contributed by atoms with Crippen LogP contribution in [0.2, 0.25) is 0 Å². The number of aldehydes is 1. The summed E-state index contributed by atoms with van der Waals surface area (Å²) in [6.45, 7) is 6.58. The molecule has 1 aromatic rings. The third-order valence-electron chi connectivity index (χ3n) is 4.78. The maximum absolute atomic E-state index is 12.3. The molecule has 148 valence electrons. The molecule has 1 unspecified atom stereocenters. The SMILES string of the molecule is COC(=O)C(CCc1cccc(C=O)c1)[C@H]1CCN(C(=O)OC(C)(C)C)C1. The van der Waals surface area contributed by atoms with Crippen LogP contribution in [0.25, 0.3) is 0 Å². The first-order valence-electron chi connectivity index (χ1n) is 9.33. The standard InChI is InChI=1S/C21H29NO5/c1-21(2,3)27-20(25)22-11-10-17(13-22)18(19(24)26-4)9-8-15-6-5-7-16(12-15)14-23/h5-7,12,14,17-18H,8-11,13H2,1-4H3/t17-,18?/m0/s1. The lowest BCUT2D eigenvalue weighted by atomic mass is 9.86. The normalized spacial score (nSPS) is 18.1. The second-order valence-electron chi connectivity index (χ2n) is 8.01. The zero-order valence-electron chi connectivity index (χ0n) is 16.6. The van der Waals surface area contributed by atoms with Crippen molar-refractivity contribution in [3.05, 3.63) is 35.4 Å². The second kappa shape index (κ2) is 9.02. The lowest BCUT2D eigenvalue weighted by molar-refractivity contribution is -0.147. The first-order valence-corrected chi connectivity index (χ1v) is 9.33. The number of nitrogens with zero attached hydrogens (tertiary/aromatic N) is 1. The molecular weight excluding hydrogens is 346 g/mol. The van der Waals surface area contributed by atoms with Crippen molar-refractivity contribution in [3.8, 4) is 0 Å². The number of amides is 1. The van der Waals surface area contributed by atoms with Crippen LogP contribution in [0.5, 0.6) is 0 Å². The van der Waals surface area contributed by atoms with Gasteiger partial charge >= 0.3 is 12.1 Å². The van der Waals surface area contributed by atoms with E-state index in [0.29, 0.717) is 31.5 Å². The lowest BCUT2D eigenvalue weighted by Crippen LogP contribution is -2.36. The quantitative estimate of drug-likeness (QED) is 0.562. The third kappa shape index (κ3) is 6.08.